The van der Waals surface area contributed by atoms with Crippen molar-refractivity contribution in [3.8, 4) is 5.75 Å². The smallest absolute Gasteiger partial charge is 0.305 e. The van der Waals surface area contributed by atoms with Crippen LogP contribution in [-0.2, 0) is 4.79 Å². The van der Waals surface area contributed by atoms with E-state index in [0.29, 0.717) is 37.2 Å². The third-order valence-electron chi connectivity index (χ3n) is 7.49. The number of hydrogen-bond acceptors (Lipinski definition) is 3. The van der Waals surface area contributed by atoms with E-state index in [2.05, 4.69) is 20.4 Å². The van der Waals surface area contributed by atoms with Gasteiger partial charge in [0.2, 0.25) is 0 Å². The zero-order chi connectivity index (χ0) is 23.0. The first-order valence-electron chi connectivity index (χ1n) is 11.9. The van der Waals surface area contributed by atoms with E-state index in [-0.39, 0.29) is 23.4 Å². The lowest BCUT2D eigenvalue weighted by Gasteiger charge is -2.41. The summed E-state index contributed by atoms with van der Waals surface area (Å²) in [5.41, 5.74) is 2.20. The van der Waals surface area contributed by atoms with Gasteiger partial charge in [0.05, 0.1) is 18.6 Å². The maximum absolute atomic E-state index is 15.1. The summed E-state index contributed by atoms with van der Waals surface area (Å²) >= 11 is 0. The molecule has 5 nitrogen and oxygen atoms in total. The van der Waals surface area contributed by atoms with Crippen LogP contribution in [0.4, 0.5) is 4.39 Å². The lowest BCUT2D eigenvalue weighted by molar-refractivity contribution is -0.139. The number of carboxylic acids is 1. The molecule has 2 saturated carbocycles. The minimum atomic E-state index is -0.944. The van der Waals surface area contributed by atoms with Crippen molar-refractivity contribution in [2.45, 2.75) is 77.2 Å². The van der Waals surface area contributed by atoms with Gasteiger partial charge >= 0.3 is 5.97 Å². The molecule has 2 aliphatic carbocycles. The van der Waals surface area contributed by atoms with E-state index in [1.807, 2.05) is 0 Å². The number of rotatable bonds is 8. The monoisotopic (exact) mass is 443 g/mol. The van der Waals surface area contributed by atoms with E-state index >= 15 is 4.39 Å². The number of halogens is 1. The maximum Gasteiger partial charge on any atom is 0.305 e. The van der Waals surface area contributed by atoms with Crippen molar-refractivity contribution < 1.29 is 23.8 Å². The van der Waals surface area contributed by atoms with Crippen LogP contribution in [0, 0.1) is 17.2 Å². The molecule has 3 atom stereocenters. The Balaban J connectivity index is 1.54. The molecule has 0 spiro atoms. The van der Waals surface area contributed by atoms with Crippen LogP contribution >= 0.6 is 0 Å². The predicted molar refractivity (Wildman–Crippen MR) is 120 cm³/mol. The van der Waals surface area contributed by atoms with Crippen molar-refractivity contribution in [3.63, 3.8) is 0 Å². The van der Waals surface area contributed by atoms with Gasteiger partial charge in [0.25, 0.3) is 5.91 Å². The van der Waals surface area contributed by atoms with Crippen molar-refractivity contribution >= 4 is 11.9 Å². The Labute approximate surface area is 189 Å². The highest BCUT2D eigenvalue weighted by atomic mass is 19.1. The second kappa shape index (κ2) is 8.87. The summed E-state index contributed by atoms with van der Waals surface area (Å²) in [6, 6.07) is 2.67. The van der Waals surface area contributed by atoms with Crippen LogP contribution in [0.15, 0.2) is 24.3 Å². The van der Waals surface area contributed by atoms with Gasteiger partial charge in [0.15, 0.2) is 0 Å². The average molecular weight is 444 g/mol. The molecular formula is C26H34FNO4. The van der Waals surface area contributed by atoms with E-state index in [9.17, 15) is 9.59 Å². The molecule has 1 aliphatic heterocycles. The molecule has 1 aromatic rings. The Morgan fingerprint density at radius 3 is 2.62 bits per heavy atom. The van der Waals surface area contributed by atoms with E-state index in [0.717, 1.165) is 44.1 Å². The highest BCUT2D eigenvalue weighted by Gasteiger charge is 2.38. The summed E-state index contributed by atoms with van der Waals surface area (Å²) in [6.45, 7) is 9.64. The summed E-state index contributed by atoms with van der Waals surface area (Å²) in [5.74, 6) is -0.557. The normalized spacial score (nSPS) is 27.7. The van der Waals surface area contributed by atoms with Gasteiger partial charge in [0, 0.05) is 24.1 Å². The molecule has 1 aromatic carbocycles. The van der Waals surface area contributed by atoms with Crippen LogP contribution in [0.25, 0.3) is 0 Å². The van der Waals surface area contributed by atoms with Crippen LogP contribution in [-0.4, -0.2) is 41.1 Å². The molecule has 1 heterocycles. The lowest BCUT2D eigenvalue weighted by Crippen LogP contribution is -2.52. The molecule has 4 rings (SSSR count). The average Bonchev–Trinajstić information content (AvgIpc) is 3.54. The Kier molecular flexibility index (Phi) is 6.33. The zero-order valence-corrected chi connectivity index (χ0v) is 19.2. The maximum atomic E-state index is 15.1. The quantitative estimate of drug-likeness (QED) is 0.536. The van der Waals surface area contributed by atoms with Crippen molar-refractivity contribution in [1.29, 1.82) is 0 Å². The van der Waals surface area contributed by atoms with Gasteiger partial charge in [-0.2, -0.15) is 0 Å². The van der Waals surface area contributed by atoms with E-state index in [1.165, 1.54) is 16.5 Å². The Hall–Kier alpha value is -2.37. The molecule has 1 N–H and O–H groups in total. The number of aliphatic carboxylic acids is 1. The van der Waals surface area contributed by atoms with Crippen molar-refractivity contribution in [1.82, 2.24) is 4.90 Å². The van der Waals surface area contributed by atoms with Gasteiger partial charge in [-0.05, 0) is 68.4 Å². The highest BCUT2D eigenvalue weighted by Crippen LogP contribution is 2.48. The molecule has 32 heavy (non-hydrogen) atoms. The molecule has 2 unspecified atom stereocenters. The number of ether oxygens (including phenoxy) is 1. The van der Waals surface area contributed by atoms with E-state index < -0.39 is 17.7 Å². The predicted octanol–water partition coefficient (Wildman–Crippen LogP) is 5.54. The fraction of sp³-hybridized carbons (Fsp3) is 0.615. The molecule has 3 fully saturated rings. The summed E-state index contributed by atoms with van der Waals surface area (Å²) in [7, 11) is 0. The second-order valence-corrected chi connectivity index (χ2v) is 10.3. The van der Waals surface area contributed by atoms with Gasteiger partial charge in [0.1, 0.15) is 11.6 Å². The van der Waals surface area contributed by atoms with Crippen LogP contribution < -0.4 is 4.74 Å². The minimum Gasteiger partial charge on any atom is -0.493 e. The number of hydrogen-bond donors (Lipinski definition) is 1. The molecule has 3 aliphatic rings. The zero-order valence-electron chi connectivity index (χ0n) is 19.2. The van der Waals surface area contributed by atoms with Crippen molar-refractivity contribution in [2.75, 3.05) is 13.2 Å². The first-order valence-corrected chi connectivity index (χ1v) is 11.9. The molecule has 6 heteroatoms. The van der Waals surface area contributed by atoms with E-state index in [1.54, 1.807) is 6.07 Å². The van der Waals surface area contributed by atoms with Gasteiger partial charge < -0.3 is 14.7 Å². The largest absolute Gasteiger partial charge is 0.493 e. The number of likely N-dealkylation sites (tertiary alicyclic amines) is 1. The summed E-state index contributed by atoms with van der Waals surface area (Å²) in [6.07, 6.45) is 6.59. The highest BCUT2D eigenvalue weighted by molar-refractivity contribution is 5.96. The number of allylic oxidation sites excluding steroid dienone is 1. The first kappa shape index (κ1) is 22.8. The van der Waals surface area contributed by atoms with Crippen LogP contribution in [0.5, 0.6) is 5.75 Å². The van der Waals surface area contributed by atoms with Gasteiger partial charge in [-0.3, -0.25) is 9.59 Å². The lowest BCUT2D eigenvalue weighted by atomic mass is 9.67. The third-order valence-corrected chi connectivity index (χ3v) is 7.49. The Morgan fingerprint density at radius 2 is 2.06 bits per heavy atom. The number of benzene rings is 1. The van der Waals surface area contributed by atoms with Crippen molar-refractivity contribution in [3.05, 3.63) is 41.2 Å². The SMILES string of the molecule is C=C1CC(C)CC(CC)(COc2cc(F)c(C(=O)N3CC[C@H]3CC(=O)O)cc2C2CC2)C1. The first-order chi connectivity index (χ1) is 15.2. The number of carbonyl (C=O) groups excluding carboxylic acids is 1. The van der Waals surface area contributed by atoms with Crippen LogP contribution in [0.2, 0.25) is 0 Å². The fourth-order valence-corrected chi connectivity index (χ4v) is 5.54. The summed E-state index contributed by atoms with van der Waals surface area (Å²) in [4.78, 5) is 25.5. The minimum absolute atomic E-state index is 0.0161. The van der Waals surface area contributed by atoms with E-state index in [4.69, 9.17) is 9.84 Å². The number of carboxylic acid groups (broad SMARTS) is 1. The molecule has 174 valence electrons. The standard InChI is InChI=1S/C26H34FNO4/c1-4-26(13-16(2)9-17(3)14-26)15-32-23-12-22(27)21(11-20(23)18-5-6-18)25(31)28-8-7-19(28)10-24(29)30/h11-12,17-19H,2,4-10,13-15H2,1,3H3,(H,29,30)/t17?,19-,26?/m0/s1. The fourth-order valence-electron chi connectivity index (χ4n) is 5.54. The molecule has 0 bridgehead atoms. The Bertz CT molecular complexity index is 925. The molecule has 0 radical (unpaired) electrons. The topological polar surface area (TPSA) is 66.8 Å². The molecule has 1 saturated heterocycles. The Morgan fingerprint density at radius 1 is 1.31 bits per heavy atom. The summed E-state index contributed by atoms with van der Waals surface area (Å²) < 4.78 is 21.4. The van der Waals surface area contributed by atoms with Crippen molar-refractivity contribution in [2.24, 2.45) is 11.3 Å². The van der Waals surface area contributed by atoms with Crippen LogP contribution in [0.3, 0.4) is 0 Å². The number of nitrogens with zero attached hydrogens (tertiary/aromatic N) is 1. The second-order valence-electron chi connectivity index (χ2n) is 10.3. The van der Waals surface area contributed by atoms with Gasteiger partial charge in [-0.1, -0.05) is 26.0 Å². The summed E-state index contributed by atoms with van der Waals surface area (Å²) in [5, 5.41) is 9.04. The molecule has 0 aromatic heterocycles. The van der Waals surface area contributed by atoms with Gasteiger partial charge in [-0.25, -0.2) is 4.39 Å². The number of amides is 1. The molecule has 1 amide bonds. The van der Waals surface area contributed by atoms with Gasteiger partial charge in [-0.15, -0.1) is 0 Å². The van der Waals surface area contributed by atoms with Crippen LogP contribution in [0.1, 0.15) is 87.1 Å². The molecular weight excluding hydrogens is 409 g/mol. The third kappa shape index (κ3) is 4.69. The number of carbonyl (C=O) groups is 2.